The van der Waals surface area contributed by atoms with E-state index in [1.165, 1.54) is 0 Å². The SMILES string of the molecule is Cc1nnc(SCCNC(=O)[C@@H]2C=CCN2)s1. The van der Waals surface area contributed by atoms with E-state index in [0.29, 0.717) is 6.54 Å². The predicted molar refractivity (Wildman–Crippen MR) is 69.3 cm³/mol. The topological polar surface area (TPSA) is 66.9 Å². The number of aryl methyl sites for hydroxylation is 1. The van der Waals surface area contributed by atoms with Crippen molar-refractivity contribution in [1.29, 1.82) is 0 Å². The first-order chi connectivity index (χ1) is 8.25. The highest BCUT2D eigenvalue weighted by molar-refractivity contribution is 8.01. The molecule has 0 aromatic carbocycles. The zero-order valence-corrected chi connectivity index (χ0v) is 11.1. The van der Waals surface area contributed by atoms with E-state index in [-0.39, 0.29) is 11.9 Å². The minimum atomic E-state index is -0.163. The molecule has 92 valence electrons. The lowest BCUT2D eigenvalue weighted by molar-refractivity contribution is -0.121. The second-order valence-corrected chi connectivity index (χ2v) is 6.06. The van der Waals surface area contributed by atoms with Crippen molar-refractivity contribution >= 4 is 29.0 Å². The van der Waals surface area contributed by atoms with Crippen LogP contribution in [0.4, 0.5) is 0 Å². The van der Waals surface area contributed by atoms with E-state index < -0.39 is 0 Å². The van der Waals surface area contributed by atoms with Gasteiger partial charge in [0.05, 0.1) is 0 Å². The molecule has 1 atom stereocenters. The summed E-state index contributed by atoms with van der Waals surface area (Å²) in [5, 5.41) is 14.9. The monoisotopic (exact) mass is 270 g/mol. The summed E-state index contributed by atoms with van der Waals surface area (Å²) in [6.45, 7) is 3.35. The Labute approximate surface area is 108 Å². The molecule has 1 aliphatic heterocycles. The Balaban J connectivity index is 1.63. The maximum atomic E-state index is 11.6. The van der Waals surface area contributed by atoms with Gasteiger partial charge in [0.2, 0.25) is 5.91 Å². The molecule has 0 radical (unpaired) electrons. The first kappa shape index (κ1) is 12.5. The van der Waals surface area contributed by atoms with Gasteiger partial charge in [-0.25, -0.2) is 0 Å². The Morgan fingerprint density at radius 1 is 1.71 bits per heavy atom. The molecule has 0 fully saturated rings. The Kier molecular flexibility index (Phi) is 4.52. The smallest absolute Gasteiger partial charge is 0.241 e. The summed E-state index contributed by atoms with van der Waals surface area (Å²) < 4.78 is 0.954. The van der Waals surface area contributed by atoms with Crippen LogP contribution in [-0.4, -0.2) is 41.0 Å². The van der Waals surface area contributed by atoms with Gasteiger partial charge in [0.1, 0.15) is 11.0 Å². The number of thioether (sulfide) groups is 1. The first-order valence-corrected chi connectivity index (χ1v) is 7.16. The fraction of sp³-hybridized carbons (Fsp3) is 0.500. The number of carbonyl (C=O) groups excluding carboxylic acids is 1. The van der Waals surface area contributed by atoms with Crippen molar-refractivity contribution in [2.45, 2.75) is 17.3 Å². The van der Waals surface area contributed by atoms with Crippen molar-refractivity contribution in [1.82, 2.24) is 20.8 Å². The van der Waals surface area contributed by atoms with Crippen molar-refractivity contribution in [2.75, 3.05) is 18.8 Å². The van der Waals surface area contributed by atoms with Crippen LogP contribution in [0.3, 0.4) is 0 Å². The Hall–Kier alpha value is -0.920. The molecule has 0 spiro atoms. The number of carbonyl (C=O) groups is 1. The number of aromatic nitrogens is 2. The molecule has 17 heavy (non-hydrogen) atoms. The number of hydrogen-bond donors (Lipinski definition) is 2. The molecule has 7 heteroatoms. The van der Waals surface area contributed by atoms with Crippen molar-refractivity contribution in [3.63, 3.8) is 0 Å². The van der Waals surface area contributed by atoms with Gasteiger partial charge in [-0.3, -0.25) is 10.1 Å². The Morgan fingerprint density at radius 2 is 2.59 bits per heavy atom. The molecule has 1 aromatic rings. The largest absolute Gasteiger partial charge is 0.354 e. The van der Waals surface area contributed by atoms with Crippen molar-refractivity contribution in [3.8, 4) is 0 Å². The molecule has 1 aliphatic rings. The van der Waals surface area contributed by atoms with E-state index in [1.807, 2.05) is 19.1 Å². The number of hydrogen-bond acceptors (Lipinski definition) is 6. The van der Waals surface area contributed by atoms with Gasteiger partial charge in [-0.2, -0.15) is 0 Å². The molecular formula is C10H14N4OS2. The standard InChI is InChI=1S/C10H14N4OS2/c1-7-13-14-10(17-7)16-6-5-12-9(15)8-3-2-4-11-8/h2-3,8,11H,4-6H2,1H3,(H,12,15)/t8-/m0/s1. The van der Waals surface area contributed by atoms with E-state index >= 15 is 0 Å². The molecule has 0 bridgehead atoms. The number of rotatable bonds is 5. The van der Waals surface area contributed by atoms with Crippen LogP contribution in [-0.2, 0) is 4.79 Å². The van der Waals surface area contributed by atoms with E-state index in [1.54, 1.807) is 23.1 Å². The fourth-order valence-corrected chi connectivity index (χ4v) is 3.15. The second-order valence-electron chi connectivity index (χ2n) is 3.54. The van der Waals surface area contributed by atoms with Crippen molar-refractivity contribution in [3.05, 3.63) is 17.2 Å². The van der Waals surface area contributed by atoms with Crippen LogP contribution in [0.5, 0.6) is 0 Å². The summed E-state index contributed by atoms with van der Waals surface area (Å²) in [6.07, 6.45) is 3.85. The average molecular weight is 270 g/mol. The summed E-state index contributed by atoms with van der Waals surface area (Å²) in [6, 6.07) is -0.163. The zero-order valence-electron chi connectivity index (χ0n) is 9.47. The van der Waals surface area contributed by atoms with Gasteiger partial charge >= 0.3 is 0 Å². The lowest BCUT2D eigenvalue weighted by atomic mass is 10.3. The van der Waals surface area contributed by atoms with Crippen LogP contribution in [0.15, 0.2) is 16.5 Å². The van der Waals surface area contributed by atoms with Crippen LogP contribution in [0.2, 0.25) is 0 Å². The highest BCUT2D eigenvalue weighted by atomic mass is 32.2. The molecule has 0 saturated heterocycles. The number of nitrogens with zero attached hydrogens (tertiary/aromatic N) is 2. The molecule has 2 rings (SSSR count). The molecule has 0 aliphatic carbocycles. The molecule has 1 aromatic heterocycles. The van der Waals surface area contributed by atoms with Gasteiger partial charge in [0.25, 0.3) is 0 Å². The van der Waals surface area contributed by atoms with E-state index in [4.69, 9.17) is 0 Å². The van der Waals surface area contributed by atoms with Crippen LogP contribution in [0, 0.1) is 6.92 Å². The maximum Gasteiger partial charge on any atom is 0.241 e. The van der Waals surface area contributed by atoms with Gasteiger partial charge in [0, 0.05) is 18.8 Å². The van der Waals surface area contributed by atoms with Crippen LogP contribution in [0.25, 0.3) is 0 Å². The minimum absolute atomic E-state index is 0.0350. The van der Waals surface area contributed by atoms with Gasteiger partial charge < -0.3 is 5.32 Å². The van der Waals surface area contributed by atoms with Crippen molar-refractivity contribution < 1.29 is 4.79 Å². The lowest BCUT2D eigenvalue weighted by Crippen LogP contribution is -2.41. The predicted octanol–water partition coefficient (Wildman–Crippen LogP) is 0.583. The van der Waals surface area contributed by atoms with Crippen molar-refractivity contribution in [2.24, 2.45) is 0 Å². The second kappa shape index (κ2) is 6.13. The molecule has 5 nitrogen and oxygen atoms in total. The van der Waals surface area contributed by atoms with Crippen LogP contribution >= 0.6 is 23.1 Å². The number of amides is 1. The minimum Gasteiger partial charge on any atom is -0.354 e. The van der Waals surface area contributed by atoms with Gasteiger partial charge in [-0.15, -0.1) is 10.2 Å². The normalized spacial score (nSPS) is 18.5. The highest BCUT2D eigenvalue weighted by Gasteiger charge is 2.16. The fourth-order valence-electron chi connectivity index (χ4n) is 1.41. The summed E-state index contributed by atoms with van der Waals surface area (Å²) in [5.41, 5.74) is 0. The van der Waals surface area contributed by atoms with Crippen LogP contribution < -0.4 is 10.6 Å². The molecule has 0 saturated carbocycles. The van der Waals surface area contributed by atoms with E-state index in [0.717, 1.165) is 21.6 Å². The van der Waals surface area contributed by atoms with Crippen LogP contribution in [0.1, 0.15) is 5.01 Å². The molecule has 1 amide bonds. The maximum absolute atomic E-state index is 11.6. The Morgan fingerprint density at radius 3 is 3.24 bits per heavy atom. The van der Waals surface area contributed by atoms with Gasteiger partial charge in [0.15, 0.2) is 4.34 Å². The molecule has 2 heterocycles. The highest BCUT2D eigenvalue weighted by Crippen LogP contribution is 2.20. The summed E-state index contributed by atoms with van der Waals surface area (Å²) in [4.78, 5) is 11.6. The Bertz CT molecular complexity index is 418. The lowest BCUT2D eigenvalue weighted by Gasteiger charge is -2.09. The van der Waals surface area contributed by atoms with E-state index in [2.05, 4.69) is 20.8 Å². The zero-order chi connectivity index (χ0) is 12.1. The molecule has 0 unspecified atom stereocenters. The molecular weight excluding hydrogens is 256 g/mol. The average Bonchev–Trinajstić information content (AvgIpc) is 2.95. The molecule has 2 N–H and O–H groups in total. The summed E-state index contributed by atoms with van der Waals surface area (Å²) in [7, 11) is 0. The number of nitrogens with one attached hydrogen (secondary N) is 2. The third-order valence-corrected chi connectivity index (χ3v) is 4.17. The van der Waals surface area contributed by atoms with Gasteiger partial charge in [-0.05, 0) is 6.92 Å². The van der Waals surface area contributed by atoms with E-state index in [9.17, 15) is 4.79 Å². The van der Waals surface area contributed by atoms with Gasteiger partial charge in [-0.1, -0.05) is 35.3 Å². The quantitative estimate of drug-likeness (QED) is 0.465. The third kappa shape index (κ3) is 3.79. The first-order valence-electron chi connectivity index (χ1n) is 5.36. The third-order valence-electron chi connectivity index (χ3n) is 2.20. The summed E-state index contributed by atoms with van der Waals surface area (Å²) >= 11 is 3.19. The summed E-state index contributed by atoms with van der Waals surface area (Å²) in [5.74, 6) is 0.851.